The van der Waals surface area contributed by atoms with Crippen LogP contribution >= 0.6 is 0 Å². The van der Waals surface area contributed by atoms with Gasteiger partial charge in [0, 0.05) is 56.2 Å². The monoisotopic (exact) mass is 1320 g/mol. The third kappa shape index (κ3) is 15.3. The van der Waals surface area contributed by atoms with Crippen molar-refractivity contribution in [1.82, 2.24) is 9.13 Å². The Morgan fingerprint density at radius 1 is 0.333 bits per heavy atom. The first-order valence-corrected chi connectivity index (χ1v) is 45.1. The van der Waals surface area contributed by atoms with Crippen molar-refractivity contribution in [3.05, 3.63) is 192 Å². The molecule has 0 radical (unpaired) electrons. The van der Waals surface area contributed by atoms with E-state index < -0.39 is 56.0 Å². The number of benzene rings is 8. The predicted octanol–water partition coefficient (Wildman–Crippen LogP) is 14.7. The molecule has 0 saturated carbocycles. The summed E-state index contributed by atoms with van der Waals surface area (Å²) in [5.74, 6) is 2.39. The number of nitrogens with zero attached hydrogens (tertiary/aromatic N) is 2. The lowest BCUT2D eigenvalue weighted by molar-refractivity contribution is 0.256. The highest BCUT2D eigenvalue weighted by Crippen LogP contribution is 2.32. The van der Waals surface area contributed by atoms with Crippen molar-refractivity contribution in [1.29, 1.82) is 0 Å². The minimum atomic E-state index is -2.63. The summed E-state index contributed by atoms with van der Waals surface area (Å²) in [4.78, 5) is 111. The van der Waals surface area contributed by atoms with Gasteiger partial charge in [0.1, 0.15) is 11.5 Å². The van der Waals surface area contributed by atoms with Crippen LogP contribution in [0.4, 0.5) is 0 Å². The summed E-state index contributed by atoms with van der Waals surface area (Å²) in [6.07, 6.45) is 8.51. The van der Waals surface area contributed by atoms with E-state index in [-0.39, 0.29) is 99.4 Å². The van der Waals surface area contributed by atoms with Gasteiger partial charge in [0.05, 0.1) is 34.8 Å². The molecule has 0 amide bonds. The summed E-state index contributed by atoms with van der Waals surface area (Å²) in [5.41, 5.74) is 0.0470. The maximum Gasteiger partial charge on any atom is 0.312 e. The van der Waals surface area contributed by atoms with Crippen LogP contribution in [0.25, 0.3) is 86.9 Å². The van der Waals surface area contributed by atoms with Crippen LogP contribution in [-0.4, -0.2) is 56.1 Å². The zero-order chi connectivity index (χ0) is 66.9. The highest BCUT2D eigenvalue weighted by molar-refractivity contribution is 6.89. The molecule has 0 spiro atoms. The fourth-order valence-electron chi connectivity index (χ4n) is 13.2. The number of aromatic nitrogens is 2. The Labute approximate surface area is 546 Å². The van der Waals surface area contributed by atoms with E-state index >= 15 is 0 Å². The van der Waals surface area contributed by atoms with Crippen LogP contribution in [0.5, 0.6) is 11.5 Å². The Hall–Kier alpha value is -7.37. The number of rotatable bonds is 30. The first-order valence-electron chi connectivity index (χ1n) is 33.2. The summed E-state index contributed by atoms with van der Waals surface area (Å²) in [5, 5.41) is 2.19. The summed E-state index contributed by atoms with van der Waals surface area (Å²) in [7, 11) is -9.61. The number of fused-ring (bicyclic) bond motifs is 6. The molecule has 19 heteroatoms. The highest BCUT2D eigenvalue weighted by Gasteiger charge is 2.43. The standard InChI is InChI=1S/C74H88N2O13Si4/c1-13-47(3)45-85-53-29-23-49(24-30-53)51-27-33-55-57(39-51)69(79)61-43-65-63(41-59(61)67(55)77)71(81)75(73(65)83)35-19-15-17-21-37-90(5,6)87-92(9,10)89-93(11,12)88-91(7,8)38-22-18-16-20-36-76-72(82)64-42-60-62(44-66(64)74(76)84)70(80)58-40-52(28-34-56(58)68(60)78)50-25-31-54(32-26-50)86-46-48(4)14-2/h23-34,39-44,47-48H,13-22,35-38,45-46H2,1-12H3/t47-,48-/m0/s1. The Balaban J connectivity index is 0.673. The molecule has 0 aliphatic rings. The molecular weight excluding hydrogens is 1240 g/mol. The SMILES string of the molecule is CC[C@H](C)COc1ccc(-c2ccc3c(=O)c4cc5c(=O)n(CCCCCC[Si](C)(C)O[Si](C)(C)O[Si](C)(C)O[Si](C)(C)CCCCCCn6c(=O)c7cc8c(=O)c9ccc(-c%10ccc(OC[C@@H](C)CC)cc%10)cc9c(=O)c8cc7c6=O)c(=O)c5cc4c(=O)c3c2)cc1. The minimum Gasteiger partial charge on any atom is -0.493 e. The Morgan fingerprint density at radius 2 is 0.624 bits per heavy atom. The van der Waals surface area contributed by atoms with E-state index in [0.717, 1.165) is 97.2 Å². The Kier molecular flexibility index (Phi) is 20.6. The van der Waals surface area contributed by atoms with Gasteiger partial charge < -0.3 is 21.8 Å². The highest BCUT2D eigenvalue weighted by atomic mass is 28.5. The molecule has 2 atom stereocenters. The van der Waals surface area contributed by atoms with Gasteiger partial charge in [-0.25, -0.2) is 0 Å². The van der Waals surface area contributed by atoms with Crippen LogP contribution in [0.1, 0.15) is 91.9 Å². The largest absolute Gasteiger partial charge is 0.493 e. The quantitative estimate of drug-likeness (QED) is 0.0235. The van der Waals surface area contributed by atoms with E-state index in [1.165, 1.54) is 33.4 Å². The molecule has 0 aliphatic carbocycles. The molecule has 0 N–H and O–H groups in total. The van der Waals surface area contributed by atoms with Crippen molar-refractivity contribution in [3.8, 4) is 33.8 Å². The van der Waals surface area contributed by atoms with Gasteiger partial charge in [-0.15, -0.1) is 0 Å². The van der Waals surface area contributed by atoms with Crippen molar-refractivity contribution in [2.45, 2.75) is 169 Å². The van der Waals surface area contributed by atoms with E-state index in [1.54, 1.807) is 24.3 Å². The lowest BCUT2D eigenvalue weighted by Gasteiger charge is -2.41. The average molecular weight is 1330 g/mol. The van der Waals surface area contributed by atoms with Crippen LogP contribution in [0, 0.1) is 11.8 Å². The Morgan fingerprint density at radius 3 is 0.946 bits per heavy atom. The fourth-order valence-corrected chi connectivity index (χ4v) is 32.7. The molecule has 8 aromatic carbocycles. The van der Waals surface area contributed by atoms with E-state index in [0.29, 0.717) is 37.9 Å². The van der Waals surface area contributed by atoms with Gasteiger partial charge in [0.15, 0.2) is 38.3 Å². The van der Waals surface area contributed by atoms with Gasteiger partial charge >= 0.3 is 17.1 Å². The summed E-state index contributed by atoms with van der Waals surface area (Å²) < 4.78 is 35.1. The number of hydrogen-bond donors (Lipinski definition) is 0. The van der Waals surface area contributed by atoms with Gasteiger partial charge in [-0.3, -0.25) is 47.5 Å². The van der Waals surface area contributed by atoms with E-state index in [9.17, 15) is 38.4 Å². The van der Waals surface area contributed by atoms with Crippen molar-refractivity contribution < 1.29 is 21.8 Å². The molecule has 10 aromatic rings. The molecule has 488 valence electrons. The van der Waals surface area contributed by atoms with Crippen LogP contribution in [-0.2, 0) is 25.4 Å². The van der Waals surface area contributed by atoms with E-state index in [4.69, 9.17) is 21.8 Å². The number of hydrogen-bond acceptors (Lipinski definition) is 13. The van der Waals surface area contributed by atoms with Gasteiger partial charge in [-0.05, 0) is 184 Å². The fraction of sp³-hybridized carbons (Fsp3) is 0.405. The first kappa shape index (κ1) is 68.5. The summed E-state index contributed by atoms with van der Waals surface area (Å²) in [6.45, 7) is 27.5. The maximum atomic E-state index is 14.1. The van der Waals surface area contributed by atoms with E-state index in [1.807, 2.05) is 60.7 Å². The van der Waals surface area contributed by atoms with Crippen molar-refractivity contribution in [2.75, 3.05) is 13.2 Å². The molecule has 0 aliphatic heterocycles. The molecular formula is C74H88N2O13Si4. The second-order valence-corrected chi connectivity index (χ2v) is 44.0. The first-order chi connectivity index (χ1) is 44.1. The molecule has 15 nitrogen and oxygen atoms in total. The van der Waals surface area contributed by atoms with Gasteiger partial charge in [0.25, 0.3) is 22.2 Å². The molecule has 10 rings (SSSR count). The van der Waals surface area contributed by atoms with Crippen LogP contribution in [0.3, 0.4) is 0 Å². The van der Waals surface area contributed by atoms with Crippen molar-refractivity contribution in [2.24, 2.45) is 11.8 Å². The van der Waals surface area contributed by atoms with E-state index in [2.05, 4.69) is 80.1 Å². The maximum absolute atomic E-state index is 14.1. The normalized spacial score (nSPS) is 13.4. The lowest BCUT2D eigenvalue weighted by atomic mass is 9.96. The van der Waals surface area contributed by atoms with Crippen molar-refractivity contribution in [3.63, 3.8) is 0 Å². The second-order valence-electron chi connectivity index (χ2n) is 27.9. The van der Waals surface area contributed by atoms with Crippen LogP contribution in [0.2, 0.25) is 64.5 Å². The van der Waals surface area contributed by atoms with Crippen LogP contribution < -0.4 is 53.4 Å². The lowest BCUT2D eigenvalue weighted by Crippen LogP contribution is -2.56. The number of unbranched alkanes of at least 4 members (excludes halogenated alkanes) is 6. The van der Waals surface area contributed by atoms with Gasteiger partial charge in [0.2, 0.25) is 0 Å². The smallest absolute Gasteiger partial charge is 0.312 e. The molecule has 0 saturated heterocycles. The predicted molar refractivity (Wildman–Crippen MR) is 389 cm³/mol. The van der Waals surface area contributed by atoms with Gasteiger partial charge in [-0.2, -0.15) is 0 Å². The number of ether oxygens (including phenoxy) is 2. The second kappa shape index (κ2) is 27.9. The van der Waals surface area contributed by atoms with Gasteiger partial charge in [-0.1, -0.05) is 115 Å². The molecule has 93 heavy (non-hydrogen) atoms. The zero-order valence-corrected chi connectivity index (χ0v) is 60.1. The minimum absolute atomic E-state index is 0.130. The van der Waals surface area contributed by atoms with Crippen LogP contribution in [0.15, 0.2) is 148 Å². The molecule has 0 unspecified atom stereocenters. The third-order valence-electron chi connectivity index (χ3n) is 18.4. The average Bonchev–Trinajstić information content (AvgIpc) is 1.65. The third-order valence-corrected chi connectivity index (χ3v) is 33.8. The molecule has 2 heterocycles. The topological polar surface area (TPSA) is 193 Å². The summed E-state index contributed by atoms with van der Waals surface area (Å²) >= 11 is 0. The molecule has 0 fully saturated rings. The zero-order valence-electron chi connectivity index (χ0n) is 56.1. The Bertz CT molecular complexity index is 4580. The summed E-state index contributed by atoms with van der Waals surface area (Å²) in [6, 6.07) is 33.3. The van der Waals surface area contributed by atoms with Crippen molar-refractivity contribution >= 4 is 98.4 Å². The molecule has 0 bridgehead atoms. The molecule has 2 aromatic heterocycles.